The van der Waals surface area contributed by atoms with Crippen LogP contribution in [0.2, 0.25) is 0 Å². The molecule has 4 saturated carbocycles. The van der Waals surface area contributed by atoms with Crippen LogP contribution in [0, 0.1) is 34.5 Å². The summed E-state index contributed by atoms with van der Waals surface area (Å²) in [7, 11) is 0. The third kappa shape index (κ3) is 3.08. The molecule has 4 rings (SSSR count). The molecule has 162 valence electrons. The maximum absolute atomic E-state index is 11.9. The Morgan fingerprint density at radius 2 is 1.66 bits per heavy atom. The second-order valence-electron chi connectivity index (χ2n) is 10.8. The molecule has 29 heavy (non-hydrogen) atoms. The van der Waals surface area contributed by atoms with Gasteiger partial charge in [-0.15, -0.1) is 0 Å². The Morgan fingerprint density at radius 1 is 0.931 bits per heavy atom. The minimum absolute atomic E-state index is 0.000271. The molecule has 0 amide bonds. The molecule has 0 heterocycles. The van der Waals surface area contributed by atoms with E-state index in [2.05, 4.69) is 20.4 Å². The Hall–Kier alpha value is -1.32. The van der Waals surface area contributed by atoms with Gasteiger partial charge in [0.25, 0.3) is 0 Å². The topological polar surface area (TPSA) is 52.6 Å². The molecule has 4 heteroatoms. The minimum Gasteiger partial charge on any atom is -0.463 e. The molecular weight excluding hydrogens is 364 g/mol. The summed E-state index contributed by atoms with van der Waals surface area (Å²) < 4.78 is 11.6. The van der Waals surface area contributed by atoms with Gasteiger partial charge in [-0.05, 0) is 93.0 Å². The first-order valence-corrected chi connectivity index (χ1v) is 11.7. The van der Waals surface area contributed by atoms with Gasteiger partial charge in [0.05, 0.1) is 0 Å². The number of hydrogen-bond acceptors (Lipinski definition) is 4. The lowest BCUT2D eigenvalue weighted by molar-refractivity contribution is -0.179. The van der Waals surface area contributed by atoms with Gasteiger partial charge in [0.2, 0.25) is 0 Å². The molecule has 4 aliphatic rings. The Bertz CT molecular complexity index is 701. The standard InChI is InChI=1S/C25H38O4/c1-6-25(29-17(3)27)14-11-22-20-8-7-18-15-19(28-16(2)26)9-12-23(18,4)21(20)10-13-24(22,25)5/h6,18-22H,1,7-15H2,2-5H3/t18-,19+,20+,21+,22+,23-,24+,25-/m0/s1. The van der Waals surface area contributed by atoms with Crippen LogP contribution in [-0.4, -0.2) is 23.6 Å². The summed E-state index contributed by atoms with van der Waals surface area (Å²) in [5, 5.41) is 0. The van der Waals surface area contributed by atoms with Crippen LogP contribution in [-0.2, 0) is 19.1 Å². The number of esters is 2. The van der Waals surface area contributed by atoms with Crippen LogP contribution in [0.15, 0.2) is 12.7 Å². The monoisotopic (exact) mass is 402 g/mol. The van der Waals surface area contributed by atoms with E-state index in [0.29, 0.717) is 23.2 Å². The number of hydrogen-bond donors (Lipinski definition) is 0. The second kappa shape index (κ2) is 7.13. The van der Waals surface area contributed by atoms with Crippen molar-refractivity contribution in [3.63, 3.8) is 0 Å². The van der Waals surface area contributed by atoms with Crippen molar-refractivity contribution in [2.45, 2.75) is 97.2 Å². The van der Waals surface area contributed by atoms with Crippen LogP contribution in [0.25, 0.3) is 0 Å². The molecule has 0 spiro atoms. The van der Waals surface area contributed by atoms with Crippen LogP contribution in [0.4, 0.5) is 0 Å². The minimum atomic E-state index is -0.501. The first-order valence-electron chi connectivity index (χ1n) is 11.7. The zero-order chi connectivity index (χ0) is 21.0. The van der Waals surface area contributed by atoms with Gasteiger partial charge in [0.15, 0.2) is 0 Å². The van der Waals surface area contributed by atoms with Gasteiger partial charge >= 0.3 is 11.9 Å². The second-order valence-corrected chi connectivity index (χ2v) is 10.8. The fourth-order valence-corrected chi connectivity index (χ4v) is 8.40. The van der Waals surface area contributed by atoms with Crippen molar-refractivity contribution in [3.8, 4) is 0 Å². The highest BCUT2D eigenvalue weighted by molar-refractivity contribution is 5.67. The van der Waals surface area contributed by atoms with Gasteiger partial charge < -0.3 is 9.47 Å². The van der Waals surface area contributed by atoms with Crippen LogP contribution < -0.4 is 0 Å². The predicted molar refractivity (Wildman–Crippen MR) is 112 cm³/mol. The molecule has 0 N–H and O–H groups in total. The van der Waals surface area contributed by atoms with E-state index in [1.54, 1.807) is 0 Å². The summed E-state index contributed by atoms with van der Waals surface area (Å²) in [4.78, 5) is 23.3. The van der Waals surface area contributed by atoms with Crippen LogP contribution in [0.1, 0.15) is 85.5 Å². The molecule has 0 bridgehead atoms. The van der Waals surface area contributed by atoms with Crippen molar-refractivity contribution < 1.29 is 19.1 Å². The van der Waals surface area contributed by atoms with Crippen molar-refractivity contribution in [1.82, 2.24) is 0 Å². The fourth-order valence-electron chi connectivity index (χ4n) is 8.40. The summed E-state index contributed by atoms with van der Waals surface area (Å²) in [6.45, 7) is 12.0. The maximum Gasteiger partial charge on any atom is 0.303 e. The molecule has 0 radical (unpaired) electrons. The first-order chi connectivity index (χ1) is 13.6. The van der Waals surface area contributed by atoms with E-state index in [1.807, 2.05) is 6.08 Å². The van der Waals surface area contributed by atoms with E-state index in [9.17, 15) is 9.59 Å². The smallest absolute Gasteiger partial charge is 0.303 e. The molecular formula is C25H38O4. The van der Waals surface area contributed by atoms with Gasteiger partial charge in [0.1, 0.15) is 11.7 Å². The SMILES string of the molecule is C=C[C@]1(OC(C)=O)CC[C@@H]2[C@@H]3CC[C@H]4C[C@H](OC(C)=O)CC[C@]4(C)[C@@H]3CC[C@]21C. The molecule has 4 nitrogen and oxygen atoms in total. The van der Waals surface area contributed by atoms with E-state index < -0.39 is 5.60 Å². The molecule has 0 unspecified atom stereocenters. The summed E-state index contributed by atoms with van der Waals surface area (Å²) in [6, 6.07) is 0. The van der Waals surface area contributed by atoms with E-state index >= 15 is 0 Å². The van der Waals surface area contributed by atoms with E-state index in [-0.39, 0.29) is 23.5 Å². The lowest BCUT2D eigenvalue weighted by atomic mass is 9.44. The van der Waals surface area contributed by atoms with Crippen molar-refractivity contribution in [1.29, 1.82) is 0 Å². The number of fused-ring (bicyclic) bond motifs is 5. The van der Waals surface area contributed by atoms with Gasteiger partial charge in [-0.3, -0.25) is 9.59 Å². The molecule has 0 aliphatic heterocycles. The fraction of sp³-hybridized carbons (Fsp3) is 0.840. The van der Waals surface area contributed by atoms with E-state index in [0.717, 1.165) is 44.4 Å². The van der Waals surface area contributed by atoms with Crippen molar-refractivity contribution in [2.24, 2.45) is 34.5 Å². The van der Waals surface area contributed by atoms with Gasteiger partial charge in [-0.1, -0.05) is 20.4 Å². The highest BCUT2D eigenvalue weighted by atomic mass is 16.6. The number of ether oxygens (including phenoxy) is 2. The van der Waals surface area contributed by atoms with Crippen LogP contribution >= 0.6 is 0 Å². The zero-order valence-corrected chi connectivity index (χ0v) is 18.7. The Labute approximate surface area is 175 Å². The molecule has 0 saturated heterocycles. The predicted octanol–water partition coefficient (Wildman–Crippen LogP) is 5.45. The number of carbonyl (C=O) groups is 2. The Balaban J connectivity index is 1.56. The molecule has 0 aromatic carbocycles. The molecule has 4 aliphatic carbocycles. The Morgan fingerprint density at radius 3 is 2.31 bits per heavy atom. The van der Waals surface area contributed by atoms with Crippen LogP contribution in [0.5, 0.6) is 0 Å². The van der Waals surface area contributed by atoms with Crippen molar-refractivity contribution >= 4 is 11.9 Å². The third-order valence-electron chi connectivity index (χ3n) is 9.79. The largest absolute Gasteiger partial charge is 0.463 e. The number of carbonyl (C=O) groups excluding carboxylic acids is 2. The number of rotatable bonds is 3. The summed E-state index contributed by atoms with van der Waals surface area (Å²) >= 11 is 0. The molecule has 4 fully saturated rings. The maximum atomic E-state index is 11.9. The van der Waals surface area contributed by atoms with Crippen LogP contribution in [0.3, 0.4) is 0 Å². The van der Waals surface area contributed by atoms with Crippen molar-refractivity contribution in [2.75, 3.05) is 0 Å². The van der Waals surface area contributed by atoms with E-state index in [1.165, 1.54) is 33.1 Å². The lowest BCUT2D eigenvalue weighted by Crippen LogP contribution is -2.57. The van der Waals surface area contributed by atoms with Gasteiger partial charge in [-0.2, -0.15) is 0 Å². The quantitative estimate of drug-likeness (QED) is 0.465. The Kier molecular flexibility index (Phi) is 5.15. The summed E-state index contributed by atoms with van der Waals surface area (Å²) in [5.41, 5.74) is -0.152. The summed E-state index contributed by atoms with van der Waals surface area (Å²) in [5.74, 6) is 2.37. The normalized spacial score (nSPS) is 48.6. The highest BCUT2D eigenvalue weighted by Crippen LogP contribution is 2.69. The van der Waals surface area contributed by atoms with Gasteiger partial charge in [0, 0.05) is 19.3 Å². The lowest BCUT2D eigenvalue weighted by Gasteiger charge is -2.61. The molecule has 8 atom stereocenters. The highest BCUT2D eigenvalue weighted by Gasteiger charge is 2.65. The molecule has 0 aromatic heterocycles. The molecule has 0 aromatic rings. The first kappa shape index (κ1) is 20.9. The average Bonchev–Trinajstić information content (AvgIpc) is 2.94. The van der Waals surface area contributed by atoms with E-state index in [4.69, 9.17) is 9.47 Å². The zero-order valence-electron chi connectivity index (χ0n) is 18.7. The van der Waals surface area contributed by atoms with Crippen molar-refractivity contribution in [3.05, 3.63) is 12.7 Å². The summed E-state index contributed by atoms with van der Waals surface area (Å²) in [6.07, 6.45) is 12.1. The average molecular weight is 403 g/mol. The third-order valence-corrected chi connectivity index (χ3v) is 9.79. The van der Waals surface area contributed by atoms with Gasteiger partial charge in [-0.25, -0.2) is 0 Å².